The monoisotopic (exact) mass is 266 g/mol. The van der Waals surface area contributed by atoms with Crippen molar-refractivity contribution in [3.8, 4) is 0 Å². The van der Waals surface area contributed by atoms with Gasteiger partial charge >= 0.3 is 0 Å². The minimum atomic E-state index is -0.302. The van der Waals surface area contributed by atoms with Crippen LogP contribution in [0.3, 0.4) is 0 Å². The summed E-state index contributed by atoms with van der Waals surface area (Å²) in [6.07, 6.45) is 5.02. The molecule has 0 amide bonds. The minimum Gasteiger partial charge on any atom is -0.383 e. The summed E-state index contributed by atoms with van der Waals surface area (Å²) in [4.78, 5) is 16.8. The summed E-state index contributed by atoms with van der Waals surface area (Å²) in [5, 5.41) is 0. The van der Waals surface area contributed by atoms with E-state index in [0.29, 0.717) is 12.2 Å². The van der Waals surface area contributed by atoms with Gasteiger partial charge in [-0.05, 0) is 24.5 Å². The number of carbonyl (C=O) groups is 1. The Labute approximate surface area is 118 Å². The molecule has 0 unspecified atom stereocenters. The van der Waals surface area contributed by atoms with Gasteiger partial charge in [-0.1, -0.05) is 42.8 Å². The number of nitrogens with zero attached hydrogens (tertiary/aromatic N) is 1. The second-order valence-corrected chi connectivity index (χ2v) is 5.45. The number of aromatic nitrogens is 1. The van der Waals surface area contributed by atoms with Gasteiger partial charge in [-0.3, -0.25) is 4.79 Å². The Kier molecular flexibility index (Phi) is 3.26. The molecule has 2 N–H and O–H groups in total. The largest absolute Gasteiger partial charge is 0.383 e. The number of nitrogen functional groups attached to an aromatic ring is 1. The zero-order valence-electron chi connectivity index (χ0n) is 11.4. The van der Waals surface area contributed by atoms with Gasteiger partial charge in [-0.2, -0.15) is 0 Å². The van der Waals surface area contributed by atoms with E-state index >= 15 is 0 Å². The molecule has 0 saturated heterocycles. The number of pyridine rings is 1. The maximum absolute atomic E-state index is 12.8. The molecule has 1 fully saturated rings. The molecular weight excluding hydrogens is 248 g/mol. The highest BCUT2D eigenvalue weighted by Crippen LogP contribution is 2.45. The number of carbonyl (C=O) groups excluding carboxylic acids is 1. The fraction of sp³-hybridized carbons (Fsp3) is 0.294. The highest BCUT2D eigenvalue weighted by atomic mass is 16.1. The van der Waals surface area contributed by atoms with Crippen molar-refractivity contribution in [1.82, 2.24) is 4.98 Å². The van der Waals surface area contributed by atoms with Crippen LogP contribution < -0.4 is 5.73 Å². The highest BCUT2D eigenvalue weighted by Gasteiger charge is 2.44. The molecule has 2 aromatic rings. The number of Topliss-reactive ketones (excluding diaryl/α,β-unsaturated/α-hetero) is 1. The van der Waals surface area contributed by atoms with Crippen LogP contribution in [0.5, 0.6) is 0 Å². The average molecular weight is 266 g/mol. The lowest BCUT2D eigenvalue weighted by atomic mass is 9.61. The number of benzene rings is 1. The summed E-state index contributed by atoms with van der Waals surface area (Å²) < 4.78 is 0. The first kappa shape index (κ1) is 12.9. The Hall–Kier alpha value is -2.16. The number of ketones is 1. The Balaban J connectivity index is 1.87. The van der Waals surface area contributed by atoms with E-state index in [1.54, 1.807) is 6.20 Å². The molecule has 1 heterocycles. The van der Waals surface area contributed by atoms with Gasteiger partial charge in [0.05, 0.1) is 5.41 Å². The third kappa shape index (κ3) is 2.09. The van der Waals surface area contributed by atoms with Crippen molar-refractivity contribution in [3.63, 3.8) is 0 Å². The van der Waals surface area contributed by atoms with Crippen LogP contribution in [0.15, 0.2) is 48.7 Å². The summed E-state index contributed by atoms with van der Waals surface area (Å²) in [5.41, 5.74) is 7.52. The molecule has 20 heavy (non-hydrogen) atoms. The van der Waals surface area contributed by atoms with Gasteiger partial charge in [0.25, 0.3) is 0 Å². The van der Waals surface area contributed by atoms with Crippen molar-refractivity contribution in [2.24, 2.45) is 0 Å². The first-order valence-corrected chi connectivity index (χ1v) is 7.00. The molecule has 0 spiro atoms. The van der Waals surface area contributed by atoms with Crippen molar-refractivity contribution < 1.29 is 4.79 Å². The topological polar surface area (TPSA) is 56.0 Å². The van der Waals surface area contributed by atoms with Crippen LogP contribution in [0, 0.1) is 0 Å². The predicted octanol–water partition coefficient (Wildman–Crippen LogP) is 2.90. The van der Waals surface area contributed by atoms with E-state index in [1.807, 2.05) is 30.3 Å². The number of hydrogen-bond acceptors (Lipinski definition) is 3. The molecule has 0 atom stereocenters. The second-order valence-electron chi connectivity index (χ2n) is 5.45. The van der Waals surface area contributed by atoms with Gasteiger partial charge in [0, 0.05) is 18.2 Å². The summed E-state index contributed by atoms with van der Waals surface area (Å²) in [7, 11) is 0. The Morgan fingerprint density at radius 3 is 2.50 bits per heavy atom. The molecule has 3 nitrogen and oxygen atoms in total. The normalized spacial score (nSPS) is 16.4. The standard InChI is InChI=1S/C17H18N2O/c18-16-13(6-4-11-19-16)12-15(20)17(9-5-10-17)14-7-2-1-3-8-14/h1-4,6-8,11H,5,9-10,12H2,(H2,18,19). The van der Waals surface area contributed by atoms with Gasteiger partial charge in [-0.25, -0.2) is 4.98 Å². The molecule has 0 aliphatic heterocycles. The van der Waals surface area contributed by atoms with E-state index in [0.717, 1.165) is 30.4 Å². The molecule has 0 bridgehead atoms. The minimum absolute atomic E-state index is 0.259. The van der Waals surface area contributed by atoms with Crippen LogP contribution in [0.4, 0.5) is 5.82 Å². The van der Waals surface area contributed by atoms with Gasteiger partial charge in [0.2, 0.25) is 0 Å². The fourth-order valence-electron chi connectivity index (χ4n) is 2.96. The Bertz CT molecular complexity index is 618. The Morgan fingerprint density at radius 1 is 1.15 bits per heavy atom. The third-order valence-corrected chi connectivity index (χ3v) is 4.34. The molecule has 3 rings (SSSR count). The SMILES string of the molecule is Nc1ncccc1CC(=O)C1(c2ccccc2)CCC1. The predicted molar refractivity (Wildman–Crippen MR) is 79.3 cm³/mol. The summed E-state index contributed by atoms with van der Waals surface area (Å²) in [6, 6.07) is 13.8. The summed E-state index contributed by atoms with van der Waals surface area (Å²) >= 11 is 0. The van der Waals surface area contributed by atoms with Gasteiger partial charge in [0.1, 0.15) is 11.6 Å². The van der Waals surface area contributed by atoms with Crippen molar-refractivity contribution in [1.29, 1.82) is 0 Å². The van der Waals surface area contributed by atoms with Crippen molar-refractivity contribution in [3.05, 3.63) is 59.8 Å². The zero-order valence-corrected chi connectivity index (χ0v) is 11.4. The van der Waals surface area contributed by atoms with Crippen molar-refractivity contribution in [2.75, 3.05) is 5.73 Å². The van der Waals surface area contributed by atoms with E-state index < -0.39 is 0 Å². The summed E-state index contributed by atoms with van der Waals surface area (Å²) in [5.74, 6) is 0.720. The van der Waals surface area contributed by atoms with Crippen molar-refractivity contribution >= 4 is 11.6 Å². The van der Waals surface area contributed by atoms with Crippen molar-refractivity contribution in [2.45, 2.75) is 31.1 Å². The smallest absolute Gasteiger partial charge is 0.147 e. The first-order valence-electron chi connectivity index (χ1n) is 7.00. The molecule has 102 valence electrons. The first-order chi connectivity index (χ1) is 9.72. The van der Waals surface area contributed by atoms with E-state index in [9.17, 15) is 4.79 Å². The van der Waals surface area contributed by atoms with Gasteiger partial charge in [0.15, 0.2) is 0 Å². The quantitative estimate of drug-likeness (QED) is 0.925. The maximum atomic E-state index is 12.8. The van der Waals surface area contributed by atoms with E-state index in [2.05, 4.69) is 17.1 Å². The fourth-order valence-corrected chi connectivity index (χ4v) is 2.96. The molecular formula is C17H18N2O. The number of hydrogen-bond donors (Lipinski definition) is 1. The molecule has 1 saturated carbocycles. The molecule has 0 radical (unpaired) electrons. The lowest BCUT2D eigenvalue weighted by Crippen LogP contribution is -2.43. The van der Waals surface area contributed by atoms with E-state index in [1.165, 1.54) is 0 Å². The van der Waals surface area contributed by atoms with Crippen LogP contribution >= 0.6 is 0 Å². The lowest BCUT2D eigenvalue weighted by molar-refractivity contribution is -0.127. The van der Waals surface area contributed by atoms with E-state index in [4.69, 9.17) is 5.73 Å². The van der Waals surface area contributed by atoms with Gasteiger partial charge in [-0.15, -0.1) is 0 Å². The third-order valence-electron chi connectivity index (χ3n) is 4.34. The molecule has 3 heteroatoms. The Morgan fingerprint density at radius 2 is 1.90 bits per heavy atom. The molecule has 1 aliphatic carbocycles. The second kappa shape index (κ2) is 5.08. The van der Waals surface area contributed by atoms with E-state index in [-0.39, 0.29) is 11.2 Å². The maximum Gasteiger partial charge on any atom is 0.147 e. The zero-order chi connectivity index (χ0) is 14.0. The molecule has 1 aliphatic rings. The van der Waals surface area contributed by atoms with Crippen LogP contribution in [0.1, 0.15) is 30.4 Å². The van der Waals surface area contributed by atoms with Crippen LogP contribution in [-0.4, -0.2) is 10.8 Å². The number of rotatable bonds is 4. The van der Waals surface area contributed by atoms with Gasteiger partial charge < -0.3 is 5.73 Å². The summed E-state index contributed by atoms with van der Waals surface area (Å²) in [6.45, 7) is 0. The van der Waals surface area contributed by atoms with Crippen LogP contribution in [0.2, 0.25) is 0 Å². The number of nitrogens with two attached hydrogens (primary N) is 1. The average Bonchev–Trinajstić information content (AvgIpc) is 2.41. The van der Waals surface area contributed by atoms with Crippen LogP contribution in [0.25, 0.3) is 0 Å². The molecule has 1 aromatic carbocycles. The number of anilines is 1. The molecule has 1 aromatic heterocycles. The highest BCUT2D eigenvalue weighted by molar-refractivity contribution is 5.93. The van der Waals surface area contributed by atoms with Crippen LogP contribution in [-0.2, 0) is 16.6 Å². The lowest BCUT2D eigenvalue weighted by Gasteiger charge is -2.41.